The number of rotatable bonds is 2. The molecular formula is C15H17NO4. The van der Waals surface area contributed by atoms with Gasteiger partial charge in [0.1, 0.15) is 17.6 Å². The molecule has 1 aromatic carbocycles. The molecule has 0 saturated carbocycles. The van der Waals surface area contributed by atoms with Gasteiger partial charge in [0.05, 0.1) is 20.3 Å². The van der Waals surface area contributed by atoms with E-state index in [2.05, 4.69) is 0 Å². The molecule has 5 nitrogen and oxygen atoms in total. The highest BCUT2D eigenvalue weighted by atomic mass is 16.6. The van der Waals surface area contributed by atoms with Crippen molar-refractivity contribution in [3.8, 4) is 11.5 Å². The molecule has 5 heteroatoms. The molecule has 0 radical (unpaired) electrons. The van der Waals surface area contributed by atoms with E-state index in [1.807, 2.05) is 24.3 Å². The zero-order chi connectivity index (χ0) is 14.1. The average molecular weight is 275 g/mol. The van der Waals surface area contributed by atoms with Gasteiger partial charge in [-0.3, -0.25) is 4.90 Å². The molecule has 2 heterocycles. The van der Waals surface area contributed by atoms with E-state index < -0.39 is 0 Å². The third-order valence-electron chi connectivity index (χ3n) is 3.61. The Morgan fingerprint density at radius 2 is 2.35 bits per heavy atom. The van der Waals surface area contributed by atoms with E-state index in [1.54, 1.807) is 25.1 Å². The maximum Gasteiger partial charge on any atom is 0.413 e. The number of fused-ring (bicyclic) bond motifs is 3. The molecule has 1 amide bonds. The van der Waals surface area contributed by atoms with Crippen LogP contribution in [0.1, 0.15) is 18.4 Å². The predicted molar refractivity (Wildman–Crippen MR) is 73.0 cm³/mol. The highest BCUT2D eigenvalue weighted by Gasteiger charge is 2.37. The van der Waals surface area contributed by atoms with E-state index in [1.165, 1.54) is 0 Å². The van der Waals surface area contributed by atoms with Gasteiger partial charge in [0.2, 0.25) is 0 Å². The molecule has 20 heavy (non-hydrogen) atoms. The van der Waals surface area contributed by atoms with Crippen molar-refractivity contribution in [3.05, 3.63) is 36.0 Å². The van der Waals surface area contributed by atoms with Crippen LogP contribution in [-0.2, 0) is 4.74 Å². The van der Waals surface area contributed by atoms with Crippen molar-refractivity contribution < 1.29 is 19.0 Å². The first-order valence-corrected chi connectivity index (χ1v) is 6.69. The van der Waals surface area contributed by atoms with Crippen molar-refractivity contribution in [2.45, 2.75) is 18.9 Å². The molecule has 0 spiro atoms. The Hall–Kier alpha value is -2.17. The number of hydrogen-bond donors (Lipinski definition) is 0. The van der Waals surface area contributed by atoms with Gasteiger partial charge < -0.3 is 14.2 Å². The predicted octanol–water partition coefficient (Wildman–Crippen LogP) is 2.53. The van der Waals surface area contributed by atoms with Gasteiger partial charge in [0.25, 0.3) is 0 Å². The number of ether oxygens (including phenoxy) is 3. The first kappa shape index (κ1) is 12.8. The van der Waals surface area contributed by atoms with E-state index >= 15 is 0 Å². The topological polar surface area (TPSA) is 48.0 Å². The first-order chi connectivity index (χ1) is 9.72. The number of hydrogen-bond acceptors (Lipinski definition) is 4. The summed E-state index contributed by atoms with van der Waals surface area (Å²) in [6, 6.07) is 5.83. The second-order valence-corrected chi connectivity index (χ2v) is 4.78. The summed E-state index contributed by atoms with van der Waals surface area (Å²) in [6.45, 7) is 2.66. The first-order valence-electron chi connectivity index (χ1n) is 6.69. The molecule has 106 valence electrons. The summed E-state index contributed by atoms with van der Waals surface area (Å²) in [5.41, 5.74) is 1.13. The van der Waals surface area contributed by atoms with Crippen LogP contribution in [0.5, 0.6) is 11.5 Å². The van der Waals surface area contributed by atoms with Crippen LogP contribution in [0.25, 0.3) is 0 Å². The maximum atomic E-state index is 11.7. The molecule has 0 N–H and O–H groups in total. The second-order valence-electron chi connectivity index (χ2n) is 4.78. The van der Waals surface area contributed by atoms with E-state index in [-0.39, 0.29) is 18.1 Å². The minimum atomic E-state index is -0.334. The zero-order valence-electron chi connectivity index (χ0n) is 11.5. The van der Waals surface area contributed by atoms with E-state index in [9.17, 15) is 4.79 Å². The fraction of sp³-hybridized carbons (Fsp3) is 0.400. The largest absolute Gasteiger partial charge is 0.497 e. The highest BCUT2D eigenvalue weighted by molar-refractivity contribution is 5.69. The molecule has 0 fully saturated rings. The van der Waals surface area contributed by atoms with Gasteiger partial charge in [0, 0.05) is 23.7 Å². The summed E-state index contributed by atoms with van der Waals surface area (Å²) in [7, 11) is 1.63. The molecular weight excluding hydrogens is 258 g/mol. The minimum Gasteiger partial charge on any atom is -0.497 e. The van der Waals surface area contributed by atoms with Crippen LogP contribution in [0.4, 0.5) is 4.79 Å². The summed E-state index contributed by atoms with van der Waals surface area (Å²) in [4.78, 5) is 13.3. The summed E-state index contributed by atoms with van der Waals surface area (Å²) in [5.74, 6) is 1.78. The summed E-state index contributed by atoms with van der Waals surface area (Å²) in [6.07, 6.45) is 3.37. The van der Waals surface area contributed by atoms with Crippen LogP contribution < -0.4 is 9.47 Å². The van der Waals surface area contributed by atoms with Crippen molar-refractivity contribution in [3.63, 3.8) is 0 Å². The SMILES string of the molecule is CCOC(=O)N1C=C[C@H]2c3ccc(OC)cc3O[C@H]2C1. The van der Waals surface area contributed by atoms with Crippen LogP contribution in [-0.4, -0.2) is 37.4 Å². The molecule has 3 rings (SSSR count). The second kappa shape index (κ2) is 5.07. The van der Waals surface area contributed by atoms with Gasteiger partial charge >= 0.3 is 6.09 Å². The lowest BCUT2D eigenvalue weighted by Crippen LogP contribution is -2.40. The van der Waals surface area contributed by atoms with Crippen LogP contribution in [0.15, 0.2) is 30.5 Å². The van der Waals surface area contributed by atoms with Gasteiger partial charge in [-0.1, -0.05) is 12.1 Å². The fourth-order valence-corrected chi connectivity index (χ4v) is 2.63. The third kappa shape index (κ3) is 2.09. The Kier molecular flexibility index (Phi) is 3.26. The van der Waals surface area contributed by atoms with Crippen LogP contribution in [0.3, 0.4) is 0 Å². The number of nitrogens with zero attached hydrogens (tertiary/aromatic N) is 1. The Morgan fingerprint density at radius 1 is 1.50 bits per heavy atom. The van der Waals surface area contributed by atoms with E-state index in [0.29, 0.717) is 13.2 Å². The number of carbonyl (C=O) groups is 1. The number of carbonyl (C=O) groups excluding carboxylic acids is 1. The molecule has 0 bridgehead atoms. The summed E-state index contributed by atoms with van der Waals surface area (Å²) < 4.78 is 16.1. The molecule has 0 unspecified atom stereocenters. The van der Waals surface area contributed by atoms with Gasteiger partial charge in [0.15, 0.2) is 0 Å². The molecule has 2 aliphatic rings. The quantitative estimate of drug-likeness (QED) is 0.832. The smallest absolute Gasteiger partial charge is 0.413 e. The molecule has 0 aromatic heterocycles. The lowest BCUT2D eigenvalue weighted by Gasteiger charge is -2.28. The number of amides is 1. The highest BCUT2D eigenvalue weighted by Crippen LogP contribution is 2.42. The van der Waals surface area contributed by atoms with Crippen LogP contribution >= 0.6 is 0 Å². The summed E-state index contributed by atoms with van der Waals surface area (Å²) in [5, 5.41) is 0. The van der Waals surface area contributed by atoms with Crippen molar-refractivity contribution in [1.82, 2.24) is 4.90 Å². The van der Waals surface area contributed by atoms with Gasteiger partial charge in [-0.2, -0.15) is 0 Å². The van der Waals surface area contributed by atoms with Gasteiger partial charge in [-0.25, -0.2) is 4.79 Å². The molecule has 2 atom stereocenters. The van der Waals surface area contributed by atoms with Crippen LogP contribution in [0.2, 0.25) is 0 Å². The summed E-state index contributed by atoms with van der Waals surface area (Å²) >= 11 is 0. The number of benzene rings is 1. The van der Waals surface area contributed by atoms with Gasteiger partial charge in [-0.15, -0.1) is 0 Å². The van der Waals surface area contributed by atoms with E-state index in [0.717, 1.165) is 17.1 Å². The third-order valence-corrected chi connectivity index (χ3v) is 3.61. The lowest BCUT2D eigenvalue weighted by atomic mass is 9.93. The number of methoxy groups -OCH3 is 1. The monoisotopic (exact) mass is 275 g/mol. The zero-order valence-corrected chi connectivity index (χ0v) is 11.5. The standard InChI is InChI=1S/C15H17NO4/c1-3-19-15(17)16-7-6-12-11-5-4-10(18-2)8-13(11)20-14(12)9-16/h4-8,12,14H,3,9H2,1-2H3/t12-,14-/m0/s1. The van der Waals surface area contributed by atoms with Crippen molar-refractivity contribution in [1.29, 1.82) is 0 Å². The molecule has 0 saturated heterocycles. The maximum absolute atomic E-state index is 11.7. The van der Waals surface area contributed by atoms with Crippen molar-refractivity contribution in [2.24, 2.45) is 0 Å². The van der Waals surface area contributed by atoms with Crippen molar-refractivity contribution >= 4 is 6.09 Å². The molecule has 1 aromatic rings. The van der Waals surface area contributed by atoms with E-state index in [4.69, 9.17) is 14.2 Å². The lowest BCUT2D eigenvalue weighted by molar-refractivity contribution is 0.0989. The van der Waals surface area contributed by atoms with Crippen LogP contribution in [0, 0.1) is 0 Å². The Bertz CT molecular complexity index is 555. The minimum absolute atomic E-state index is 0.0634. The van der Waals surface area contributed by atoms with Crippen molar-refractivity contribution in [2.75, 3.05) is 20.3 Å². The Balaban J connectivity index is 1.80. The normalized spacial score (nSPS) is 22.8. The average Bonchev–Trinajstić information content (AvgIpc) is 2.83. The Labute approximate surface area is 117 Å². The van der Waals surface area contributed by atoms with Gasteiger partial charge in [-0.05, 0) is 13.0 Å². The molecule has 2 aliphatic heterocycles. The molecule has 0 aliphatic carbocycles. The Morgan fingerprint density at radius 3 is 3.10 bits per heavy atom. The fourth-order valence-electron chi connectivity index (χ4n) is 2.63.